The van der Waals surface area contributed by atoms with Gasteiger partial charge in [0.15, 0.2) is 0 Å². The number of aryl methyl sites for hydroxylation is 1. The van der Waals surface area contributed by atoms with Crippen LogP contribution in [-0.2, 0) is 0 Å². The number of hydrogen-bond acceptors (Lipinski definition) is 1. The van der Waals surface area contributed by atoms with E-state index in [1.807, 2.05) is 19.1 Å². The molecule has 1 aromatic heterocycles. The van der Waals surface area contributed by atoms with Crippen LogP contribution in [0.25, 0.3) is 16.7 Å². The van der Waals surface area contributed by atoms with Crippen molar-refractivity contribution in [3.8, 4) is 5.69 Å². The molecule has 3 rings (SSSR count). The predicted molar refractivity (Wildman–Crippen MR) is 68.6 cm³/mol. The molecule has 0 bridgehead atoms. The molecule has 2 aromatic carbocycles. The molecule has 0 amide bonds. The van der Waals surface area contributed by atoms with Crippen LogP contribution in [0.5, 0.6) is 0 Å². The van der Waals surface area contributed by atoms with Crippen LogP contribution in [-0.4, -0.2) is 9.55 Å². The minimum Gasteiger partial charge on any atom is -0.305 e. The first-order valence-corrected chi connectivity index (χ1v) is 5.63. The van der Waals surface area contributed by atoms with Gasteiger partial charge in [0, 0.05) is 0 Å². The summed E-state index contributed by atoms with van der Waals surface area (Å²) in [5.41, 5.74) is 2.19. The van der Waals surface area contributed by atoms with E-state index in [2.05, 4.69) is 4.98 Å². The highest BCUT2D eigenvalue weighted by molar-refractivity contribution is 5.77. The lowest BCUT2D eigenvalue weighted by molar-refractivity contribution is 0.634. The fourth-order valence-corrected chi connectivity index (χ4v) is 2.06. The zero-order chi connectivity index (χ0) is 12.7. The van der Waals surface area contributed by atoms with Crippen LogP contribution < -0.4 is 5.69 Å². The number of fused-ring (bicyclic) bond motifs is 1. The number of aromatic amines is 1. The molecular weight excluding hydrogens is 231 g/mol. The largest absolute Gasteiger partial charge is 0.331 e. The molecule has 90 valence electrons. The smallest absolute Gasteiger partial charge is 0.305 e. The normalized spacial score (nSPS) is 11.0. The third-order valence-corrected chi connectivity index (χ3v) is 2.95. The van der Waals surface area contributed by atoms with Gasteiger partial charge in [-0.15, -0.1) is 0 Å². The number of imidazole rings is 1. The average molecular weight is 242 g/mol. The van der Waals surface area contributed by atoms with E-state index in [0.29, 0.717) is 11.2 Å². The van der Waals surface area contributed by atoms with Crippen molar-refractivity contribution in [2.45, 2.75) is 6.92 Å². The Morgan fingerprint density at radius 1 is 1.11 bits per heavy atom. The molecule has 4 heteroatoms. The maximum atomic E-state index is 13.8. The molecule has 0 fully saturated rings. The number of halogens is 1. The average Bonchev–Trinajstić information content (AvgIpc) is 2.68. The molecule has 1 N–H and O–H groups in total. The van der Waals surface area contributed by atoms with E-state index in [0.717, 1.165) is 5.56 Å². The molecule has 0 spiro atoms. The van der Waals surface area contributed by atoms with E-state index in [1.54, 1.807) is 24.3 Å². The number of nitrogens with one attached hydrogen (secondary N) is 1. The van der Waals surface area contributed by atoms with Crippen molar-refractivity contribution in [2.75, 3.05) is 0 Å². The van der Waals surface area contributed by atoms with Gasteiger partial charge in [-0.25, -0.2) is 9.18 Å². The third-order valence-electron chi connectivity index (χ3n) is 2.95. The highest BCUT2D eigenvalue weighted by atomic mass is 19.1. The minimum absolute atomic E-state index is 0.284. The zero-order valence-corrected chi connectivity index (χ0v) is 9.77. The second-order valence-electron chi connectivity index (χ2n) is 4.24. The van der Waals surface area contributed by atoms with Gasteiger partial charge in [-0.3, -0.25) is 4.57 Å². The van der Waals surface area contributed by atoms with Gasteiger partial charge < -0.3 is 4.98 Å². The second kappa shape index (κ2) is 3.84. The minimum atomic E-state index is -0.411. The topological polar surface area (TPSA) is 37.8 Å². The number of benzene rings is 2. The van der Waals surface area contributed by atoms with E-state index in [1.165, 1.54) is 10.6 Å². The first-order chi connectivity index (χ1) is 8.66. The second-order valence-corrected chi connectivity index (χ2v) is 4.24. The lowest BCUT2D eigenvalue weighted by atomic mass is 10.2. The van der Waals surface area contributed by atoms with Crippen LogP contribution in [0.15, 0.2) is 47.3 Å². The van der Waals surface area contributed by atoms with E-state index in [9.17, 15) is 9.18 Å². The van der Waals surface area contributed by atoms with Crippen LogP contribution in [0.2, 0.25) is 0 Å². The summed E-state index contributed by atoms with van der Waals surface area (Å²) in [5, 5.41) is 0. The summed E-state index contributed by atoms with van der Waals surface area (Å²) in [7, 11) is 0. The molecule has 0 unspecified atom stereocenters. The molecule has 0 aliphatic rings. The van der Waals surface area contributed by atoms with Crippen LogP contribution >= 0.6 is 0 Å². The van der Waals surface area contributed by atoms with Gasteiger partial charge in [0.2, 0.25) is 0 Å². The quantitative estimate of drug-likeness (QED) is 0.700. The van der Waals surface area contributed by atoms with Gasteiger partial charge in [0.05, 0.1) is 11.2 Å². The molecule has 3 nitrogen and oxygen atoms in total. The van der Waals surface area contributed by atoms with Crippen molar-refractivity contribution in [3.05, 3.63) is 64.3 Å². The summed E-state index contributed by atoms with van der Waals surface area (Å²) in [6.07, 6.45) is 0. The van der Waals surface area contributed by atoms with Crippen LogP contribution in [0, 0.1) is 12.7 Å². The standard InChI is InChI=1S/C14H11FN2O/c1-9-5-7-10(8-6-9)17-13-11(15)3-2-4-12(13)16-14(17)18/h2-8H,1H3,(H,16,18). The number of H-pyrrole nitrogens is 1. The molecule has 0 saturated carbocycles. The molecule has 0 aliphatic heterocycles. The predicted octanol–water partition coefficient (Wildman–Crippen LogP) is 2.77. The van der Waals surface area contributed by atoms with Gasteiger partial charge >= 0.3 is 5.69 Å². The fraction of sp³-hybridized carbons (Fsp3) is 0.0714. The van der Waals surface area contributed by atoms with Gasteiger partial charge in [-0.05, 0) is 31.2 Å². The van der Waals surface area contributed by atoms with E-state index in [4.69, 9.17) is 0 Å². The highest BCUT2D eigenvalue weighted by Gasteiger charge is 2.12. The summed E-state index contributed by atoms with van der Waals surface area (Å²) in [5.74, 6) is -0.411. The molecule has 18 heavy (non-hydrogen) atoms. The fourth-order valence-electron chi connectivity index (χ4n) is 2.06. The summed E-state index contributed by atoms with van der Waals surface area (Å²) >= 11 is 0. The molecule has 0 radical (unpaired) electrons. The van der Waals surface area contributed by atoms with E-state index < -0.39 is 5.82 Å². The maximum absolute atomic E-state index is 13.8. The van der Waals surface area contributed by atoms with Gasteiger partial charge in [-0.2, -0.15) is 0 Å². The lowest BCUT2D eigenvalue weighted by Gasteiger charge is -2.04. The molecular formula is C14H11FN2O. The highest BCUT2D eigenvalue weighted by Crippen LogP contribution is 2.18. The van der Waals surface area contributed by atoms with E-state index in [-0.39, 0.29) is 11.2 Å². The summed E-state index contributed by atoms with van der Waals surface area (Å²) in [6, 6.07) is 12.0. The van der Waals surface area contributed by atoms with Crippen molar-refractivity contribution in [1.82, 2.24) is 9.55 Å². The van der Waals surface area contributed by atoms with Gasteiger partial charge in [0.25, 0.3) is 0 Å². The number of rotatable bonds is 1. The number of para-hydroxylation sites is 1. The van der Waals surface area contributed by atoms with Crippen LogP contribution in [0.4, 0.5) is 4.39 Å². The summed E-state index contributed by atoms with van der Waals surface area (Å²) < 4.78 is 15.2. The molecule has 3 aromatic rings. The van der Waals surface area contributed by atoms with E-state index >= 15 is 0 Å². The number of aromatic nitrogens is 2. The van der Waals surface area contributed by atoms with Gasteiger partial charge in [-0.1, -0.05) is 23.8 Å². The molecule has 0 atom stereocenters. The van der Waals surface area contributed by atoms with Crippen LogP contribution in [0.3, 0.4) is 0 Å². The molecule has 0 saturated heterocycles. The Morgan fingerprint density at radius 2 is 1.83 bits per heavy atom. The molecule has 1 heterocycles. The van der Waals surface area contributed by atoms with Crippen molar-refractivity contribution in [2.24, 2.45) is 0 Å². The maximum Gasteiger partial charge on any atom is 0.331 e. The Labute approximate surface area is 103 Å². The first kappa shape index (κ1) is 10.8. The Kier molecular flexibility index (Phi) is 2.30. The lowest BCUT2D eigenvalue weighted by Crippen LogP contribution is -2.14. The van der Waals surface area contributed by atoms with Crippen molar-refractivity contribution < 1.29 is 4.39 Å². The Morgan fingerprint density at radius 3 is 2.56 bits per heavy atom. The Hall–Kier alpha value is -2.36. The Balaban J connectivity index is 2.38. The van der Waals surface area contributed by atoms with Crippen molar-refractivity contribution in [1.29, 1.82) is 0 Å². The Bertz CT molecular complexity index is 769. The summed E-state index contributed by atoms with van der Waals surface area (Å²) in [4.78, 5) is 14.6. The molecule has 0 aliphatic carbocycles. The SMILES string of the molecule is Cc1ccc(-n2c(=O)[nH]c3cccc(F)c32)cc1. The monoisotopic (exact) mass is 242 g/mol. The third kappa shape index (κ3) is 1.54. The number of hydrogen-bond donors (Lipinski definition) is 1. The van der Waals surface area contributed by atoms with Crippen molar-refractivity contribution in [3.63, 3.8) is 0 Å². The zero-order valence-electron chi connectivity index (χ0n) is 9.77. The van der Waals surface area contributed by atoms with Gasteiger partial charge in [0.1, 0.15) is 11.3 Å². The number of nitrogens with zero attached hydrogens (tertiary/aromatic N) is 1. The summed E-state index contributed by atoms with van der Waals surface area (Å²) in [6.45, 7) is 1.96. The first-order valence-electron chi connectivity index (χ1n) is 5.63. The van der Waals surface area contributed by atoms with Crippen molar-refractivity contribution >= 4 is 11.0 Å². The van der Waals surface area contributed by atoms with Crippen LogP contribution in [0.1, 0.15) is 5.56 Å².